The largest absolute Gasteiger partial charge is 0.344 e. The zero-order valence-corrected chi connectivity index (χ0v) is 17.8. The molecule has 1 atom stereocenters. The summed E-state index contributed by atoms with van der Waals surface area (Å²) in [7, 11) is -3.79. The van der Waals surface area contributed by atoms with E-state index in [1.807, 2.05) is 22.6 Å². The van der Waals surface area contributed by atoms with Gasteiger partial charge >= 0.3 is 0 Å². The van der Waals surface area contributed by atoms with Crippen LogP contribution in [0.3, 0.4) is 0 Å². The molecule has 1 aromatic carbocycles. The SMILES string of the molecule is N[C@@H]1CCN(S(=O)(=O)c2c(Nc3ccc(I)cc3F)sc3ncccc23)C1. The van der Waals surface area contributed by atoms with Crippen molar-refractivity contribution in [2.75, 3.05) is 18.4 Å². The lowest BCUT2D eigenvalue weighted by molar-refractivity contribution is 0.473. The first kappa shape index (κ1) is 19.0. The summed E-state index contributed by atoms with van der Waals surface area (Å²) in [5.74, 6) is -0.446. The molecular formula is C17H16FIN4O2S2. The first-order valence-electron chi connectivity index (χ1n) is 8.21. The predicted octanol–water partition coefficient (Wildman–Crippen LogP) is 3.51. The lowest BCUT2D eigenvalue weighted by atomic mass is 10.3. The quantitative estimate of drug-likeness (QED) is 0.517. The highest BCUT2D eigenvalue weighted by Gasteiger charge is 2.35. The minimum atomic E-state index is -3.79. The van der Waals surface area contributed by atoms with Gasteiger partial charge in [-0.05, 0) is 59.3 Å². The number of rotatable bonds is 4. The van der Waals surface area contributed by atoms with Gasteiger partial charge in [0.2, 0.25) is 10.0 Å². The molecule has 0 amide bonds. The third-order valence-electron chi connectivity index (χ3n) is 4.39. The fraction of sp³-hybridized carbons (Fsp3) is 0.235. The molecule has 4 rings (SSSR count). The summed E-state index contributed by atoms with van der Waals surface area (Å²) < 4.78 is 43.1. The summed E-state index contributed by atoms with van der Waals surface area (Å²) in [5, 5.41) is 3.84. The molecule has 0 spiro atoms. The zero-order valence-electron chi connectivity index (χ0n) is 14.0. The number of hydrogen-bond acceptors (Lipinski definition) is 6. The Morgan fingerprint density at radius 1 is 1.37 bits per heavy atom. The number of nitrogens with zero attached hydrogens (tertiary/aromatic N) is 2. The first-order chi connectivity index (χ1) is 12.9. The normalized spacial score (nSPS) is 18.3. The van der Waals surface area contributed by atoms with Gasteiger partial charge in [-0.2, -0.15) is 4.31 Å². The van der Waals surface area contributed by atoms with Crippen molar-refractivity contribution in [1.82, 2.24) is 9.29 Å². The number of pyridine rings is 1. The van der Waals surface area contributed by atoms with Gasteiger partial charge in [-0.15, -0.1) is 0 Å². The third kappa shape index (κ3) is 3.56. The molecule has 2 aromatic heterocycles. The number of thiophene rings is 1. The topological polar surface area (TPSA) is 88.3 Å². The highest BCUT2D eigenvalue weighted by molar-refractivity contribution is 14.1. The van der Waals surface area contributed by atoms with Crippen LogP contribution < -0.4 is 11.1 Å². The molecule has 3 heterocycles. The summed E-state index contributed by atoms with van der Waals surface area (Å²) in [6.07, 6.45) is 2.23. The lowest BCUT2D eigenvalue weighted by Gasteiger charge is -2.17. The molecule has 0 aliphatic carbocycles. The second-order valence-electron chi connectivity index (χ2n) is 6.28. The van der Waals surface area contributed by atoms with Crippen LogP contribution in [0.4, 0.5) is 15.1 Å². The molecule has 1 aliphatic rings. The van der Waals surface area contributed by atoms with E-state index in [0.717, 1.165) is 3.57 Å². The zero-order chi connectivity index (χ0) is 19.2. The number of aromatic nitrogens is 1. The van der Waals surface area contributed by atoms with Crippen LogP contribution in [0.15, 0.2) is 41.4 Å². The predicted molar refractivity (Wildman–Crippen MR) is 113 cm³/mol. The van der Waals surface area contributed by atoms with E-state index in [1.165, 1.54) is 21.7 Å². The van der Waals surface area contributed by atoms with Gasteiger partial charge in [-0.1, -0.05) is 11.3 Å². The molecule has 3 aromatic rings. The van der Waals surface area contributed by atoms with Crippen molar-refractivity contribution in [2.24, 2.45) is 5.73 Å². The first-order valence-corrected chi connectivity index (χ1v) is 11.5. The maximum atomic E-state index is 14.3. The molecule has 1 fully saturated rings. The fourth-order valence-electron chi connectivity index (χ4n) is 3.06. The van der Waals surface area contributed by atoms with Gasteiger partial charge in [-0.25, -0.2) is 17.8 Å². The second-order valence-corrected chi connectivity index (χ2v) is 10.4. The third-order valence-corrected chi connectivity index (χ3v) is 8.17. The van der Waals surface area contributed by atoms with Gasteiger partial charge in [0.05, 0.1) is 5.69 Å². The van der Waals surface area contributed by atoms with Crippen LogP contribution in [-0.2, 0) is 10.0 Å². The van der Waals surface area contributed by atoms with Gasteiger partial charge < -0.3 is 11.1 Å². The minimum absolute atomic E-state index is 0.127. The van der Waals surface area contributed by atoms with Gasteiger partial charge in [0.15, 0.2) is 0 Å². The molecule has 0 saturated carbocycles. The smallest absolute Gasteiger partial charge is 0.246 e. The Bertz CT molecular complexity index is 1120. The summed E-state index contributed by atoms with van der Waals surface area (Å²) in [6.45, 7) is 0.649. The summed E-state index contributed by atoms with van der Waals surface area (Å²) in [5.41, 5.74) is 6.12. The monoisotopic (exact) mass is 518 g/mol. The van der Waals surface area contributed by atoms with E-state index in [0.29, 0.717) is 28.2 Å². The van der Waals surface area contributed by atoms with E-state index in [9.17, 15) is 12.8 Å². The second kappa shape index (κ2) is 7.24. The van der Waals surface area contributed by atoms with Crippen molar-refractivity contribution in [3.8, 4) is 0 Å². The van der Waals surface area contributed by atoms with Crippen LogP contribution >= 0.6 is 33.9 Å². The van der Waals surface area contributed by atoms with E-state index in [-0.39, 0.29) is 23.2 Å². The number of hydrogen-bond donors (Lipinski definition) is 2. The Morgan fingerprint density at radius 2 is 2.19 bits per heavy atom. The number of sulfonamides is 1. The molecule has 6 nitrogen and oxygen atoms in total. The molecule has 0 unspecified atom stereocenters. The van der Waals surface area contributed by atoms with E-state index in [2.05, 4.69) is 10.3 Å². The Morgan fingerprint density at radius 3 is 2.89 bits per heavy atom. The molecule has 10 heteroatoms. The van der Waals surface area contributed by atoms with Gasteiger partial charge in [0.1, 0.15) is 20.5 Å². The average molecular weight is 518 g/mol. The number of halogens is 2. The summed E-state index contributed by atoms with van der Waals surface area (Å²) >= 11 is 3.21. The van der Waals surface area contributed by atoms with Crippen LogP contribution in [0.25, 0.3) is 10.2 Å². The summed E-state index contributed by atoms with van der Waals surface area (Å²) in [4.78, 5) is 4.98. The van der Waals surface area contributed by atoms with Crippen molar-refractivity contribution in [2.45, 2.75) is 17.4 Å². The van der Waals surface area contributed by atoms with Crippen molar-refractivity contribution in [3.05, 3.63) is 45.9 Å². The number of anilines is 2. The van der Waals surface area contributed by atoms with Crippen LogP contribution in [0.5, 0.6) is 0 Å². The van der Waals surface area contributed by atoms with E-state index in [1.54, 1.807) is 30.5 Å². The van der Waals surface area contributed by atoms with Gasteiger partial charge in [0, 0.05) is 34.3 Å². The van der Waals surface area contributed by atoms with Crippen LogP contribution in [0, 0.1) is 9.39 Å². The molecule has 27 heavy (non-hydrogen) atoms. The molecule has 0 radical (unpaired) electrons. The maximum absolute atomic E-state index is 14.3. The Labute approximate surface area is 173 Å². The van der Waals surface area contributed by atoms with Crippen molar-refractivity contribution >= 4 is 64.9 Å². The highest BCUT2D eigenvalue weighted by atomic mass is 127. The van der Waals surface area contributed by atoms with Crippen molar-refractivity contribution < 1.29 is 12.8 Å². The van der Waals surface area contributed by atoms with Crippen molar-refractivity contribution in [1.29, 1.82) is 0 Å². The Kier molecular flexibility index (Phi) is 5.10. The Balaban J connectivity index is 1.85. The summed E-state index contributed by atoms with van der Waals surface area (Å²) in [6, 6.07) is 7.98. The molecule has 1 saturated heterocycles. The maximum Gasteiger partial charge on any atom is 0.246 e. The standard InChI is InChI=1S/C17H16FIN4O2S2/c18-13-8-10(19)3-4-14(13)22-17-15(12-2-1-6-21-16(12)26-17)27(24,25)23-7-5-11(20)9-23/h1-4,6,8,11,22H,5,7,9,20H2/t11-/m1/s1. The number of nitrogens with two attached hydrogens (primary N) is 1. The highest BCUT2D eigenvalue weighted by Crippen LogP contribution is 2.41. The number of fused-ring (bicyclic) bond motifs is 1. The molecule has 1 aliphatic heterocycles. The fourth-order valence-corrected chi connectivity index (χ4v) is 6.69. The average Bonchev–Trinajstić information content (AvgIpc) is 3.21. The molecular weight excluding hydrogens is 502 g/mol. The molecule has 3 N–H and O–H groups in total. The van der Waals surface area contributed by atoms with Crippen LogP contribution in [0.1, 0.15) is 6.42 Å². The number of nitrogens with one attached hydrogen (secondary N) is 1. The van der Waals surface area contributed by atoms with Crippen LogP contribution in [-0.4, -0.2) is 36.8 Å². The Hall–Kier alpha value is -1.34. The van der Waals surface area contributed by atoms with Crippen molar-refractivity contribution in [3.63, 3.8) is 0 Å². The number of benzene rings is 1. The lowest BCUT2D eigenvalue weighted by Crippen LogP contribution is -2.32. The van der Waals surface area contributed by atoms with E-state index in [4.69, 9.17) is 5.73 Å². The van der Waals surface area contributed by atoms with Gasteiger partial charge in [0.25, 0.3) is 0 Å². The van der Waals surface area contributed by atoms with E-state index < -0.39 is 15.8 Å². The van der Waals surface area contributed by atoms with E-state index >= 15 is 0 Å². The van der Waals surface area contributed by atoms with Gasteiger partial charge in [-0.3, -0.25) is 0 Å². The molecule has 0 bridgehead atoms. The molecule has 142 valence electrons. The van der Waals surface area contributed by atoms with Crippen LogP contribution in [0.2, 0.25) is 0 Å². The minimum Gasteiger partial charge on any atom is -0.344 e.